The molecule has 1 aliphatic heterocycles. The average molecular weight is 423 g/mol. The fraction of sp³-hybridized carbons (Fsp3) is 0.478. The van der Waals surface area contributed by atoms with Crippen LogP contribution in [0.1, 0.15) is 65.7 Å². The maximum Gasteiger partial charge on any atom is 0.255 e. The van der Waals surface area contributed by atoms with E-state index in [1.54, 1.807) is 0 Å². The van der Waals surface area contributed by atoms with Crippen molar-refractivity contribution in [2.24, 2.45) is 0 Å². The van der Waals surface area contributed by atoms with E-state index < -0.39 is 0 Å². The highest BCUT2D eigenvalue weighted by Gasteiger charge is 2.29. The Morgan fingerprint density at radius 1 is 1.23 bits per heavy atom. The number of H-pyrrole nitrogens is 1. The van der Waals surface area contributed by atoms with Crippen molar-refractivity contribution in [3.63, 3.8) is 0 Å². The zero-order chi connectivity index (χ0) is 22.1. The fourth-order valence-corrected chi connectivity index (χ4v) is 4.19. The van der Waals surface area contributed by atoms with Crippen molar-refractivity contribution in [1.82, 2.24) is 25.0 Å². The first-order valence-corrected chi connectivity index (χ1v) is 10.8. The van der Waals surface area contributed by atoms with Crippen LogP contribution in [0, 0.1) is 20.8 Å². The Morgan fingerprint density at radius 3 is 2.55 bits per heavy atom. The summed E-state index contributed by atoms with van der Waals surface area (Å²) < 4.78 is 5.52. The molecule has 1 saturated heterocycles. The first-order chi connectivity index (χ1) is 14.8. The molecule has 0 aliphatic carbocycles. The van der Waals surface area contributed by atoms with Gasteiger partial charge >= 0.3 is 0 Å². The molecule has 0 saturated carbocycles. The normalized spacial score (nSPS) is 15.0. The number of nitrogens with zero attached hydrogens (tertiary/aromatic N) is 4. The van der Waals surface area contributed by atoms with Gasteiger partial charge in [-0.1, -0.05) is 5.16 Å². The molecule has 1 aliphatic rings. The van der Waals surface area contributed by atoms with Gasteiger partial charge < -0.3 is 19.7 Å². The van der Waals surface area contributed by atoms with Crippen molar-refractivity contribution < 1.29 is 9.32 Å². The minimum absolute atomic E-state index is 0.0937. The van der Waals surface area contributed by atoms with Crippen LogP contribution in [0.15, 0.2) is 22.9 Å². The number of anilines is 1. The summed E-state index contributed by atoms with van der Waals surface area (Å²) in [7, 11) is 0. The number of aromatic nitrogens is 4. The van der Waals surface area contributed by atoms with Crippen LogP contribution in [-0.4, -0.2) is 50.0 Å². The van der Waals surface area contributed by atoms with Gasteiger partial charge in [0.2, 0.25) is 5.95 Å². The van der Waals surface area contributed by atoms with Gasteiger partial charge in [0.05, 0.1) is 22.5 Å². The van der Waals surface area contributed by atoms with Crippen LogP contribution in [0.2, 0.25) is 0 Å². The van der Waals surface area contributed by atoms with Crippen molar-refractivity contribution >= 4 is 11.9 Å². The first-order valence-electron chi connectivity index (χ1n) is 10.8. The summed E-state index contributed by atoms with van der Waals surface area (Å²) in [5.74, 6) is 1.60. The predicted molar refractivity (Wildman–Crippen MR) is 119 cm³/mol. The molecule has 164 valence electrons. The molecule has 0 bridgehead atoms. The van der Waals surface area contributed by atoms with Crippen LogP contribution in [0.5, 0.6) is 0 Å². The Bertz CT molecular complexity index is 1080. The molecule has 0 spiro atoms. The largest absolute Gasteiger partial charge is 0.362 e. The third-order valence-electron chi connectivity index (χ3n) is 5.68. The van der Waals surface area contributed by atoms with Gasteiger partial charge in [-0.05, 0) is 53.5 Å². The summed E-state index contributed by atoms with van der Waals surface area (Å²) in [5.41, 5.74) is 5.34. The Labute approximate surface area is 182 Å². The molecule has 31 heavy (non-hydrogen) atoms. The molecule has 0 unspecified atom stereocenters. The first kappa shape index (κ1) is 21.1. The van der Waals surface area contributed by atoms with Gasteiger partial charge in [0, 0.05) is 48.7 Å². The summed E-state index contributed by atoms with van der Waals surface area (Å²) in [6, 6.07) is 4.08. The predicted octanol–water partition coefficient (Wildman–Crippen LogP) is 4.23. The molecule has 8 heteroatoms. The maximum atomic E-state index is 13.0. The number of aromatic amines is 1. The zero-order valence-corrected chi connectivity index (χ0v) is 18.8. The van der Waals surface area contributed by atoms with E-state index >= 15 is 0 Å². The number of likely N-dealkylation sites (tertiary alicyclic amines) is 1. The number of nitrogens with one attached hydrogen (secondary N) is 2. The zero-order valence-electron chi connectivity index (χ0n) is 18.8. The monoisotopic (exact) mass is 422 g/mol. The minimum Gasteiger partial charge on any atom is -0.362 e. The van der Waals surface area contributed by atoms with Crippen LogP contribution in [-0.2, 0) is 0 Å². The summed E-state index contributed by atoms with van der Waals surface area (Å²) in [6.07, 6.45) is 3.50. The molecule has 0 atom stereocenters. The van der Waals surface area contributed by atoms with Crippen molar-refractivity contribution in [1.29, 1.82) is 0 Å². The van der Waals surface area contributed by atoms with E-state index in [0.29, 0.717) is 24.8 Å². The Morgan fingerprint density at radius 2 is 1.97 bits per heavy atom. The fourth-order valence-electron chi connectivity index (χ4n) is 4.19. The van der Waals surface area contributed by atoms with Crippen LogP contribution in [0.3, 0.4) is 0 Å². The molecule has 8 nitrogen and oxygen atoms in total. The number of rotatable bonds is 5. The molecule has 3 aromatic heterocycles. The van der Waals surface area contributed by atoms with E-state index in [-0.39, 0.29) is 17.9 Å². The molecule has 0 aromatic carbocycles. The highest BCUT2D eigenvalue weighted by atomic mass is 16.5. The van der Waals surface area contributed by atoms with Crippen LogP contribution < -0.4 is 5.32 Å². The van der Waals surface area contributed by atoms with Crippen molar-refractivity contribution in [2.75, 3.05) is 18.4 Å². The third kappa shape index (κ3) is 4.47. The number of carbonyl (C=O) groups excluding carboxylic acids is 1. The summed E-state index contributed by atoms with van der Waals surface area (Å²) in [5, 5.41) is 7.32. The second-order valence-corrected chi connectivity index (χ2v) is 8.68. The molecule has 1 fully saturated rings. The van der Waals surface area contributed by atoms with E-state index in [1.807, 2.05) is 44.0 Å². The Kier molecular flexibility index (Phi) is 5.80. The van der Waals surface area contributed by atoms with Crippen molar-refractivity contribution in [3.05, 3.63) is 46.7 Å². The maximum absolute atomic E-state index is 13.0. The molecule has 4 heterocycles. The number of hydrogen-bond donors (Lipinski definition) is 2. The summed E-state index contributed by atoms with van der Waals surface area (Å²) in [4.78, 5) is 27.5. The molecule has 4 rings (SSSR count). The quantitative estimate of drug-likeness (QED) is 0.638. The highest BCUT2D eigenvalue weighted by molar-refractivity contribution is 5.95. The number of aryl methyl sites for hydroxylation is 3. The van der Waals surface area contributed by atoms with Crippen LogP contribution in [0.4, 0.5) is 5.95 Å². The number of piperidine rings is 1. The highest BCUT2D eigenvalue weighted by Crippen LogP contribution is 2.35. The number of hydrogen-bond acceptors (Lipinski definition) is 6. The number of carbonyl (C=O) groups is 1. The van der Waals surface area contributed by atoms with Gasteiger partial charge in [0.15, 0.2) is 5.76 Å². The van der Waals surface area contributed by atoms with Gasteiger partial charge in [-0.15, -0.1) is 0 Å². The Hall–Kier alpha value is -3.16. The third-order valence-corrected chi connectivity index (χ3v) is 5.68. The topological polar surface area (TPSA) is 99.9 Å². The summed E-state index contributed by atoms with van der Waals surface area (Å²) in [6.45, 7) is 11.3. The van der Waals surface area contributed by atoms with Crippen LogP contribution in [0.25, 0.3) is 11.3 Å². The van der Waals surface area contributed by atoms with E-state index in [1.165, 1.54) is 0 Å². The molecule has 1 amide bonds. The minimum atomic E-state index is 0.0937. The van der Waals surface area contributed by atoms with Crippen molar-refractivity contribution in [3.8, 4) is 11.3 Å². The molecule has 2 N–H and O–H groups in total. The van der Waals surface area contributed by atoms with Gasteiger partial charge in [-0.3, -0.25) is 4.79 Å². The summed E-state index contributed by atoms with van der Waals surface area (Å²) >= 11 is 0. The van der Waals surface area contributed by atoms with E-state index in [9.17, 15) is 4.79 Å². The Balaban J connectivity index is 1.56. The lowest BCUT2D eigenvalue weighted by molar-refractivity contribution is 0.0711. The lowest BCUT2D eigenvalue weighted by Gasteiger charge is -2.32. The second-order valence-electron chi connectivity index (χ2n) is 8.68. The van der Waals surface area contributed by atoms with Gasteiger partial charge in [0.25, 0.3) is 5.91 Å². The number of amides is 1. The smallest absolute Gasteiger partial charge is 0.255 e. The molecule has 3 aromatic rings. The SMILES string of the molecule is Cc1cc(-c2cnc(NC(C)C)nc2C2CCN(C(=O)c3cc(C)[nH]c3C)CC2)on1. The van der Waals surface area contributed by atoms with E-state index in [0.717, 1.165) is 46.7 Å². The second kappa shape index (κ2) is 8.53. The van der Waals surface area contributed by atoms with E-state index in [4.69, 9.17) is 9.51 Å². The van der Waals surface area contributed by atoms with Crippen LogP contribution >= 0.6 is 0 Å². The average Bonchev–Trinajstić information content (AvgIpc) is 3.31. The molecule has 0 radical (unpaired) electrons. The lowest BCUT2D eigenvalue weighted by Crippen LogP contribution is -2.38. The molecular weight excluding hydrogens is 392 g/mol. The van der Waals surface area contributed by atoms with Gasteiger partial charge in [-0.25, -0.2) is 9.97 Å². The van der Waals surface area contributed by atoms with Gasteiger partial charge in [-0.2, -0.15) is 0 Å². The van der Waals surface area contributed by atoms with Crippen molar-refractivity contribution in [2.45, 2.75) is 59.4 Å². The lowest BCUT2D eigenvalue weighted by atomic mass is 9.90. The molecular formula is C23H30N6O2. The van der Waals surface area contributed by atoms with Gasteiger partial charge in [0.1, 0.15) is 0 Å². The van der Waals surface area contributed by atoms with E-state index in [2.05, 4.69) is 34.3 Å². The standard InChI is InChI=1S/C23H30N6O2/c1-13(2)25-23-24-12-19(20-11-15(4)28-31-20)21(27-23)17-6-8-29(9-7-17)22(30)18-10-14(3)26-16(18)5/h10-13,17,26H,6-9H2,1-5H3,(H,24,25,27).